The molecular weight excluding hydrogens is 342 g/mol. The second kappa shape index (κ2) is 8.36. The van der Waals surface area contributed by atoms with Crippen LogP contribution in [0.25, 0.3) is 5.65 Å². The second-order valence-electron chi connectivity index (χ2n) is 6.58. The fourth-order valence-electron chi connectivity index (χ4n) is 2.94. The Balaban J connectivity index is 1.66. The molecule has 2 N–H and O–H groups in total. The quantitative estimate of drug-likeness (QED) is 0.515. The number of nitrogens with zero attached hydrogens (tertiary/aromatic N) is 3. The fraction of sp³-hybridized carbons (Fsp3) is 0.400. The van der Waals surface area contributed by atoms with Gasteiger partial charge in [0.05, 0.1) is 12.2 Å². The molecule has 0 bridgehead atoms. The van der Waals surface area contributed by atoms with Crippen LogP contribution in [0.2, 0.25) is 0 Å². The number of aliphatic imine (C=N–C) groups is 1. The number of thiophene rings is 1. The molecule has 0 spiro atoms. The normalized spacial score (nSPS) is 13.2. The molecule has 26 heavy (non-hydrogen) atoms. The molecule has 0 aliphatic rings. The van der Waals surface area contributed by atoms with E-state index in [4.69, 9.17) is 4.99 Å². The van der Waals surface area contributed by atoms with Gasteiger partial charge in [0.1, 0.15) is 5.65 Å². The number of fused-ring (bicyclic) bond motifs is 1. The maximum Gasteiger partial charge on any atom is 0.191 e. The molecule has 1 unspecified atom stereocenters. The van der Waals surface area contributed by atoms with Crippen molar-refractivity contribution in [3.63, 3.8) is 0 Å². The third-order valence-corrected chi connectivity index (χ3v) is 5.20. The lowest BCUT2D eigenvalue weighted by Gasteiger charge is -2.17. The average Bonchev–Trinajstić information content (AvgIpc) is 3.19. The SMILES string of the molecule is CCNC(=NCc1cn2c(C)cccc2n1)NC(C)Cc1ccc(C)s1. The lowest BCUT2D eigenvalue weighted by molar-refractivity contribution is 0.645. The molecule has 0 amide bonds. The number of pyridine rings is 1. The van der Waals surface area contributed by atoms with Crippen LogP contribution in [0.5, 0.6) is 0 Å². The Hall–Kier alpha value is -2.34. The fourth-order valence-corrected chi connectivity index (χ4v) is 3.96. The summed E-state index contributed by atoms with van der Waals surface area (Å²) in [5.41, 5.74) is 3.11. The van der Waals surface area contributed by atoms with Crippen molar-refractivity contribution in [1.82, 2.24) is 20.0 Å². The summed E-state index contributed by atoms with van der Waals surface area (Å²) < 4.78 is 2.10. The molecule has 6 heteroatoms. The van der Waals surface area contributed by atoms with Gasteiger partial charge in [-0.2, -0.15) is 0 Å². The van der Waals surface area contributed by atoms with Crippen LogP contribution in [0.3, 0.4) is 0 Å². The molecule has 1 atom stereocenters. The number of nitrogens with one attached hydrogen (secondary N) is 2. The first-order valence-electron chi connectivity index (χ1n) is 9.09. The van der Waals surface area contributed by atoms with Crippen LogP contribution in [0, 0.1) is 13.8 Å². The molecule has 0 fully saturated rings. The minimum absolute atomic E-state index is 0.314. The van der Waals surface area contributed by atoms with Crippen molar-refractivity contribution in [3.05, 3.63) is 57.7 Å². The molecule has 5 nitrogen and oxygen atoms in total. The Kier molecular flexibility index (Phi) is 5.93. The smallest absolute Gasteiger partial charge is 0.191 e. The van der Waals surface area contributed by atoms with E-state index in [0.29, 0.717) is 12.6 Å². The summed E-state index contributed by atoms with van der Waals surface area (Å²) in [4.78, 5) is 12.1. The van der Waals surface area contributed by atoms with Crippen molar-refractivity contribution < 1.29 is 0 Å². The van der Waals surface area contributed by atoms with Crippen LogP contribution in [-0.4, -0.2) is 27.9 Å². The number of rotatable bonds is 6. The summed E-state index contributed by atoms with van der Waals surface area (Å²) in [7, 11) is 0. The van der Waals surface area contributed by atoms with Gasteiger partial charge in [0.15, 0.2) is 5.96 Å². The number of imidazole rings is 1. The van der Waals surface area contributed by atoms with E-state index in [9.17, 15) is 0 Å². The lowest BCUT2D eigenvalue weighted by Crippen LogP contribution is -2.43. The summed E-state index contributed by atoms with van der Waals surface area (Å²) >= 11 is 1.86. The Bertz CT molecular complexity index is 893. The van der Waals surface area contributed by atoms with Gasteiger partial charge in [0.25, 0.3) is 0 Å². The number of aryl methyl sites for hydroxylation is 2. The van der Waals surface area contributed by atoms with E-state index in [0.717, 1.165) is 30.3 Å². The van der Waals surface area contributed by atoms with Crippen LogP contribution in [0.4, 0.5) is 0 Å². The van der Waals surface area contributed by atoms with E-state index in [1.165, 1.54) is 15.4 Å². The molecule has 0 aliphatic heterocycles. The minimum atomic E-state index is 0.314. The monoisotopic (exact) mass is 369 g/mol. The zero-order valence-corrected chi connectivity index (χ0v) is 16.7. The van der Waals surface area contributed by atoms with Gasteiger partial charge < -0.3 is 15.0 Å². The van der Waals surface area contributed by atoms with E-state index in [1.54, 1.807) is 0 Å². The molecule has 0 saturated carbocycles. The number of aromatic nitrogens is 2. The van der Waals surface area contributed by atoms with Crippen molar-refractivity contribution in [1.29, 1.82) is 0 Å². The largest absolute Gasteiger partial charge is 0.357 e. The van der Waals surface area contributed by atoms with E-state index in [2.05, 4.69) is 72.1 Å². The van der Waals surface area contributed by atoms with Gasteiger partial charge in [-0.15, -0.1) is 11.3 Å². The zero-order valence-electron chi connectivity index (χ0n) is 15.9. The highest BCUT2D eigenvalue weighted by atomic mass is 32.1. The van der Waals surface area contributed by atoms with Gasteiger partial charge in [0, 0.05) is 40.7 Å². The molecule has 0 aliphatic carbocycles. The average molecular weight is 370 g/mol. The summed E-state index contributed by atoms with van der Waals surface area (Å²) in [5, 5.41) is 6.83. The first-order chi connectivity index (χ1) is 12.5. The van der Waals surface area contributed by atoms with Gasteiger partial charge in [-0.1, -0.05) is 6.07 Å². The summed E-state index contributed by atoms with van der Waals surface area (Å²) in [6, 6.07) is 10.8. The first-order valence-corrected chi connectivity index (χ1v) is 9.90. The van der Waals surface area contributed by atoms with Crippen LogP contribution in [0.15, 0.2) is 41.5 Å². The van der Waals surface area contributed by atoms with E-state index < -0.39 is 0 Å². The maximum atomic E-state index is 4.72. The standard InChI is InChI=1S/C20H27N5S/c1-5-21-20(23-14(2)11-18-10-9-16(4)26-18)22-12-17-13-25-15(3)7-6-8-19(25)24-17/h6-10,13-14H,5,11-12H2,1-4H3,(H2,21,22,23). The Morgan fingerprint density at radius 3 is 2.81 bits per heavy atom. The first kappa shape index (κ1) is 18.5. The van der Waals surface area contributed by atoms with Gasteiger partial charge in [-0.05, 0) is 52.0 Å². The summed E-state index contributed by atoms with van der Waals surface area (Å²) in [6.45, 7) is 9.90. The molecule has 0 saturated heterocycles. The zero-order chi connectivity index (χ0) is 18.5. The van der Waals surface area contributed by atoms with Crippen molar-refractivity contribution in [2.24, 2.45) is 4.99 Å². The molecule has 3 aromatic rings. The van der Waals surface area contributed by atoms with Gasteiger partial charge >= 0.3 is 0 Å². The lowest BCUT2D eigenvalue weighted by atomic mass is 10.2. The van der Waals surface area contributed by atoms with Crippen LogP contribution in [0.1, 0.15) is 35.0 Å². The van der Waals surface area contributed by atoms with E-state index in [-0.39, 0.29) is 0 Å². The molecule has 3 heterocycles. The number of hydrogen-bond donors (Lipinski definition) is 2. The van der Waals surface area contributed by atoms with E-state index >= 15 is 0 Å². The highest BCUT2D eigenvalue weighted by Gasteiger charge is 2.08. The number of guanidine groups is 1. The third kappa shape index (κ3) is 4.64. The number of hydrogen-bond acceptors (Lipinski definition) is 3. The highest BCUT2D eigenvalue weighted by molar-refractivity contribution is 7.11. The molecule has 0 aromatic carbocycles. The Morgan fingerprint density at radius 1 is 1.27 bits per heavy atom. The van der Waals surface area contributed by atoms with Crippen molar-refractivity contribution in [2.45, 2.75) is 46.7 Å². The molecule has 3 rings (SSSR count). The molecular formula is C20H27N5S. The molecule has 0 radical (unpaired) electrons. The van der Waals surface area contributed by atoms with Crippen LogP contribution >= 0.6 is 11.3 Å². The van der Waals surface area contributed by atoms with Gasteiger partial charge in [-0.3, -0.25) is 0 Å². The predicted molar refractivity (Wildman–Crippen MR) is 110 cm³/mol. The Labute approximate surface area is 159 Å². The van der Waals surface area contributed by atoms with Gasteiger partial charge in [0.2, 0.25) is 0 Å². The summed E-state index contributed by atoms with van der Waals surface area (Å²) in [5.74, 6) is 0.835. The predicted octanol–water partition coefficient (Wildman–Crippen LogP) is 3.70. The molecule has 3 aromatic heterocycles. The minimum Gasteiger partial charge on any atom is -0.357 e. The Morgan fingerprint density at radius 2 is 2.12 bits per heavy atom. The van der Waals surface area contributed by atoms with Crippen molar-refractivity contribution in [2.75, 3.05) is 6.54 Å². The van der Waals surface area contributed by atoms with E-state index in [1.807, 2.05) is 23.5 Å². The van der Waals surface area contributed by atoms with Crippen molar-refractivity contribution >= 4 is 22.9 Å². The highest BCUT2D eigenvalue weighted by Crippen LogP contribution is 2.16. The second-order valence-corrected chi connectivity index (χ2v) is 7.96. The third-order valence-electron chi connectivity index (χ3n) is 4.18. The van der Waals surface area contributed by atoms with Gasteiger partial charge in [-0.25, -0.2) is 9.98 Å². The topological polar surface area (TPSA) is 53.7 Å². The van der Waals surface area contributed by atoms with Crippen LogP contribution in [-0.2, 0) is 13.0 Å². The summed E-state index contributed by atoms with van der Waals surface area (Å²) in [6.07, 6.45) is 3.06. The van der Waals surface area contributed by atoms with Crippen LogP contribution < -0.4 is 10.6 Å². The molecule has 138 valence electrons. The van der Waals surface area contributed by atoms with Crippen molar-refractivity contribution in [3.8, 4) is 0 Å². The maximum absolute atomic E-state index is 4.72.